The molecule has 0 bridgehead atoms. The molecule has 0 aliphatic carbocycles. The van der Waals surface area contributed by atoms with Crippen molar-refractivity contribution >= 4 is 38.6 Å². The quantitative estimate of drug-likeness (QED) is 0.875. The first kappa shape index (κ1) is 15.2. The van der Waals surface area contributed by atoms with Crippen molar-refractivity contribution in [2.75, 3.05) is 6.54 Å². The number of primary sulfonamides is 1. The zero-order chi connectivity index (χ0) is 14.8. The number of nitrogens with two attached hydrogens (primary N) is 1. The van der Waals surface area contributed by atoms with Gasteiger partial charge in [0.1, 0.15) is 4.21 Å². The number of amides is 1. The summed E-state index contributed by atoms with van der Waals surface area (Å²) in [6.07, 6.45) is 0.580. The van der Waals surface area contributed by atoms with Gasteiger partial charge in [0.05, 0.1) is 4.88 Å². The topological polar surface area (TPSA) is 89.3 Å². The van der Waals surface area contributed by atoms with Crippen molar-refractivity contribution in [1.82, 2.24) is 5.32 Å². The van der Waals surface area contributed by atoms with Crippen LogP contribution in [-0.2, 0) is 16.4 Å². The molecule has 0 saturated heterocycles. The summed E-state index contributed by atoms with van der Waals surface area (Å²) in [6.45, 7) is 2.40. The van der Waals surface area contributed by atoms with Crippen LogP contribution in [0.1, 0.15) is 19.4 Å². The second-order valence-electron chi connectivity index (χ2n) is 4.18. The zero-order valence-electron chi connectivity index (χ0n) is 10.8. The minimum Gasteiger partial charge on any atom is -0.351 e. The van der Waals surface area contributed by atoms with Gasteiger partial charge in [-0.15, -0.1) is 22.7 Å². The Morgan fingerprint density at radius 3 is 2.55 bits per heavy atom. The highest BCUT2D eigenvalue weighted by atomic mass is 32.2. The van der Waals surface area contributed by atoms with Gasteiger partial charge in [0.15, 0.2) is 0 Å². The predicted molar refractivity (Wildman–Crippen MR) is 80.8 cm³/mol. The van der Waals surface area contributed by atoms with Crippen molar-refractivity contribution in [2.45, 2.75) is 17.6 Å². The van der Waals surface area contributed by atoms with E-state index < -0.39 is 10.0 Å². The SMILES string of the molecule is Cc1ccc(C(=O)NCCc2ccc(S(N)(=O)=O)s2)s1. The van der Waals surface area contributed by atoms with E-state index in [1.165, 1.54) is 17.4 Å². The Labute approximate surface area is 125 Å². The molecule has 0 fully saturated rings. The fourth-order valence-corrected chi connectivity index (χ4v) is 4.15. The van der Waals surface area contributed by atoms with Gasteiger partial charge in [-0.25, -0.2) is 13.6 Å². The second-order valence-corrected chi connectivity index (χ2v) is 8.43. The van der Waals surface area contributed by atoms with E-state index in [4.69, 9.17) is 5.14 Å². The molecular formula is C12H14N2O3S3. The molecule has 0 aliphatic heterocycles. The third-order valence-corrected chi connectivity index (χ3v) is 6.12. The lowest BCUT2D eigenvalue weighted by molar-refractivity contribution is 0.0958. The number of sulfonamides is 1. The summed E-state index contributed by atoms with van der Waals surface area (Å²) in [5, 5.41) is 7.85. The third kappa shape index (κ3) is 3.89. The van der Waals surface area contributed by atoms with Gasteiger partial charge in [0.2, 0.25) is 10.0 Å². The van der Waals surface area contributed by atoms with Crippen LogP contribution in [0.3, 0.4) is 0 Å². The molecule has 0 aromatic carbocycles. The van der Waals surface area contributed by atoms with E-state index in [2.05, 4.69) is 5.32 Å². The van der Waals surface area contributed by atoms with Crippen molar-refractivity contribution < 1.29 is 13.2 Å². The Morgan fingerprint density at radius 1 is 1.25 bits per heavy atom. The number of nitrogens with one attached hydrogen (secondary N) is 1. The normalized spacial score (nSPS) is 11.5. The molecule has 8 heteroatoms. The van der Waals surface area contributed by atoms with Crippen LogP contribution in [0.5, 0.6) is 0 Å². The van der Waals surface area contributed by atoms with Gasteiger partial charge >= 0.3 is 0 Å². The van der Waals surface area contributed by atoms with Gasteiger partial charge < -0.3 is 5.32 Å². The summed E-state index contributed by atoms with van der Waals surface area (Å²) in [6, 6.07) is 6.89. The molecule has 108 valence electrons. The molecule has 2 heterocycles. The van der Waals surface area contributed by atoms with Crippen molar-refractivity contribution in [1.29, 1.82) is 0 Å². The van der Waals surface area contributed by atoms with Crippen LogP contribution in [-0.4, -0.2) is 20.9 Å². The lowest BCUT2D eigenvalue weighted by Crippen LogP contribution is -2.24. The number of carbonyl (C=O) groups excluding carboxylic acids is 1. The number of aryl methyl sites for hydroxylation is 1. The Kier molecular flexibility index (Phi) is 4.59. The van der Waals surface area contributed by atoms with E-state index >= 15 is 0 Å². The van der Waals surface area contributed by atoms with E-state index in [-0.39, 0.29) is 10.1 Å². The van der Waals surface area contributed by atoms with Crippen molar-refractivity contribution in [3.05, 3.63) is 38.9 Å². The van der Waals surface area contributed by atoms with Crippen LogP contribution in [0, 0.1) is 6.92 Å². The van der Waals surface area contributed by atoms with Gasteiger partial charge in [-0.05, 0) is 37.6 Å². The van der Waals surface area contributed by atoms with Gasteiger partial charge in [0, 0.05) is 16.3 Å². The van der Waals surface area contributed by atoms with E-state index in [0.29, 0.717) is 17.8 Å². The smallest absolute Gasteiger partial charge is 0.261 e. The fraction of sp³-hybridized carbons (Fsp3) is 0.250. The molecule has 2 aromatic heterocycles. The summed E-state index contributed by atoms with van der Waals surface area (Å²) < 4.78 is 22.4. The summed E-state index contributed by atoms with van der Waals surface area (Å²) in [4.78, 5) is 14.4. The van der Waals surface area contributed by atoms with E-state index in [1.54, 1.807) is 12.1 Å². The molecule has 0 saturated carbocycles. The van der Waals surface area contributed by atoms with Crippen LogP contribution < -0.4 is 10.5 Å². The Bertz CT molecular complexity index is 716. The molecule has 2 aromatic rings. The summed E-state index contributed by atoms with van der Waals surface area (Å²) in [5.74, 6) is -0.105. The first-order chi connectivity index (χ1) is 9.36. The average molecular weight is 330 g/mol. The Hall–Kier alpha value is -1.22. The van der Waals surface area contributed by atoms with E-state index in [0.717, 1.165) is 21.1 Å². The summed E-state index contributed by atoms with van der Waals surface area (Å²) >= 11 is 2.57. The number of rotatable bonds is 5. The largest absolute Gasteiger partial charge is 0.351 e. The zero-order valence-corrected chi connectivity index (χ0v) is 13.2. The maximum absolute atomic E-state index is 11.8. The molecule has 2 rings (SSSR count). The number of carbonyl (C=O) groups is 1. The maximum Gasteiger partial charge on any atom is 0.261 e. The third-order valence-electron chi connectivity index (χ3n) is 2.54. The highest BCUT2D eigenvalue weighted by Gasteiger charge is 2.11. The minimum atomic E-state index is -3.63. The highest BCUT2D eigenvalue weighted by Crippen LogP contribution is 2.20. The molecule has 1 amide bonds. The average Bonchev–Trinajstić information content (AvgIpc) is 2.97. The molecule has 0 unspecified atom stereocenters. The molecule has 5 nitrogen and oxygen atoms in total. The lowest BCUT2D eigenvalue weighted by Gasteiger charge is -2.01. The molecule has 0 radical (unpaired) electrons. The van der Waals surface area contributed by atoms with Crippen molar-refractivity contribution in [2.24, 2.45) is 5.14 Å². The number of thiophene rings is 2. The van der Waals surface area contributed by atoms with E-state index in [9.17, 15) is 13.2 Å². The molecule has 0 atom stereocenters. The highest BCUT2D eigenvalue weighted by molar-refractivity contribution is 7.91. The van der Waals surface area contributed by atoms with Crippen LogP contribution in [0.25, 0.3) is 0 Å². The first-order valence-corrected chi connectivity index (χ1v) is 9.00. The molecule has 3 N–H and O–H groups in total. The Morgan fingerprint density at radius 2 is 2.00 bits per heavy atom. The minimum absolute atomic E-state index is 0.105. The van der Waals surface area contributed by atoms with Crippen LogP contribution in [0.4, 0.5) is 0 Å². The monoisotopic (exact) mass is 330 g/mol. The first-order valence-electron chi connectivity index (χ1n) is 5.82. The van der Waals surface area contributed by atoms with E-state index in [1.807, 2.05) is 13.0 Å². The van der Waals surface area contributed by atoms with Gasteiger partial charge in [-0.3, -0.25) is 4.79 Å². The van der Waals surface area contributed by atoms with Crippen LogP contribution >= 0.6 is 22.7 Å². The van der Waals surface area contributed by atoms with Gasteiger partial charge in [-0.2, -0.15) is 0 Å². The molecule has 0 aliphatic rings. The predicted octanol–water partition coefficient (Wildman–Crippen LogP) is 1.74. The van der Waals surface area contributed by atoms with Crippen molar-refractivity contribution in [3.63, 3.8) is 0 Å². The number of hydrogen-bond donors (Lipinski definition) is 2. The van der Waals surface area contributed by atoms with Crippen LogP contribution in [0.15, 0.2) is 28.5 Å². The standard InChI is InChI=1S/C12H14N2O3S3/c1-8-2-4-10(18-8)12(15)14-7-6-9-3-5-11(19-9)20(13,16)17/h2-5H,6-7H2,1H3,(H,14,15)(H2,13,16,17). The fourth-order valence-electron chi connectivity index (χ4n) is 1.59. The lowest BCUT2D eigenvalue weighted by atomic mass is 10.3. The summed E-state index contributed by atoms with van der Waals surface area (Å²) in [5.41, 5.74) is 0. The molecule has 20 heavy (non-hydrogen) atoms. The number of hydrogen-bond acceptors (Lipinski definition) is 5. The maximum atomic E-state index is 11.8. The van der Waals surface area contributed by atoms with Crippen molar-refractivity contribution in [3.8, 4) is 0 Å². The van der Waals surface area contributed by atoms with Gasteiger partial charge in [-0.1, -0.05) is 0 Å². The summed E-state index contributed by atoms with van der Waals surface area (Å²) in [7, 11) is -3.63. The van der Waals surface area contributed by atoms with Crippen LogP contribution in [0.2, 0.25) is 0 Å². The molecule has 0 spiro atoms. The molecular weight excluding hydrogens is 316 g/mol. The van der Waals surface area contributed by atoms with Gasteiger partial charge in [0.25, 0.3) is 5.91 Å². The second kappa shape index (κ2) is 6.04. The Balaban J connectivity index is 1.87.